The summed E-state index contributed by atoms with van der Waals surface area (Å²) in [4.78, 5) is 2.41. The summed E-state index contributed by atoms with van der Waals surface area (Å²) in [5.41, 5.74) is 4.99. The molecule has 0 fully saturated rings. The van der Waals surface area contributed by atoms with Gasteiger partial charge >= 0.3 is 0 Å². The first kappa shape index (κ1) is 14.2. The molecule has 21 heavy (non-hydrogen) atoms. The van der Waals surface area contributed by atoms with Crippen molar-refractivity contribution in [1.29, 1.82) is 0 Å². The molecule has 2 aromatic carbocycles. The summed E-state index contributed by atoms with van der Waals surface area (Å²) in [5, 5.41) is 9.92. The second-order valence-corrected chi connectivity index (χ2v) is 5.75. The molecule has 2 aromatic rings. The number of aliphatic hydroxyl groups is 1. The van der Waals surface area contributed by atoms with Gasteiger partial charge in [0.15, 0.2) is 0 Å². The second-order valence-electron chi connectivity index (χ2n) is 5.75. The average Bonchev–Trinajstić information content (AvgIpc) is 2.77. The monoisotopic (exact) mass is 281 g/mol. The van der Waals surface area contributed by atoms with Crippen LogP contribution in [-0.4, -0.2) is 11.7 Å². The van der Waals surface area contributed by atoms with Gasteiger partial charge in [-0.1, -0.05) is 37.3 Å². The first-order valence-electron chi connectivity index (χ1n) is 7.93. The maximum Gasteiger partial charge on any atom is 0.0787 e. The predicted octanol–water partition coefficient (Wildman–Crippen LogP) is 4.60. The Labute approximate surface area is 127 Å². The minimum absolute atomic E-state index is 0.351. The number of hydrogen-bond acceptors (Lipinski definition) is 2. The molecule has 1 aliphatic rings. The summed E-state index contributed by atoms with van der Waals surface area (Å²) in [5.74, 6) is 0. The lowest BCUT2D eigenvalue weighted by Crippen LogP contribution is -2.17. The smallest absolute Gasteiger partial charge is 0.0787 e. The van der Waals surface area contributed by atoms with E-state index < -0.39 is 0 Å². The van der Waals surface area contributed by atoms with Crippen LogP contribution >= 0.6 is 0 Å². The van der Waals surface area contributed by atoms with Crippen LogP contribution in [0, 0.1) is 0 Å². The highest BCUT2D eigenvalue weighted by Gasteiger charge is 2.16. The summed E-state index contributed by atoms with van der Waals surface area (Å²) in [7, 11) is 0. The van der Waals surface area contributed by atoms with Crippen molar-refractivity contribution >= 4 is 11.4 Å². The van der Waals surface area contributed by atoms with Crippen LogP contribution < -0.4 is 4.90 Å². The van der Waals surface area contributed by atoms with Crippen molar-refractivity contribution in [2.24, 2.45) is 0 Å². The number of fused-ring (bicyclic) bond motifs is 1. The zero-order chi connectivity index (χ0) is 14.7. The molecule has 1 aliphatic heterocycles. The SMILES string of the molecule is CC[C@H](O)c1ccc(N2CCCCc3ccccc32)cc1. The first-order chi connectivity index (χ1) is 10.3. The Morgan fingerprint density at radius 1 is 1.05 bits per heavy atom. The Hall–Kier alpha value is -1.80. The molecule has 0 aliphatic carbocycles. The van der Waals surface area contributed by atoms with Crippen LogP contribution in [-0.2, 0) is 6.42 Å². The molecule has 0 radical (unpaired) electrons. The van der Waals surface area contributed by atoms with E-state index in [1.807, 2.05) is 6.92 Å². The van der Waals surface area contributed by atoms with Gasteiger partial charge in [0.1, 0.15) is 0 Å². The highest BCUT2D eigenvalue weighted by molar-refractivity contribution is 5.67. The molecule has 1 N–H and O–H groups in total. The molecular weight excluding hydrogens is 258 g/mol. The minimum atomic E-state index is -0.351. The van der Waals surface area contributed by atoms with Crippen molar-refractivity contribution in [1.82, 2.24) is 0 Å². The lowest BCUT2D eigenvalue weighted by molar-refractivity contribution is 0.173. The van der Waals surface area contributed by atoms with E-state index in [1.54, 1.807) is 0 Å². The van der Waals surface area contributed by atoms with Gasteiger partial charge in [-0.2, -0.15) is 0 Å². The van der Waals surface area contributed by atoms with Crippen LogP contribution in [0.2, 0.25) is 0 Å². The normalized spacial score (nSPS) is 16.2. The third-order valence-electron chi connectivity index (χ3n) is 4.34. The molecule has 1 heterocycles. The zero-order valence-electron chi connectivity index (χ0n) is 12.6. The van der Waals surface area contributed by atoms with E-state index in [-0.39, 0.29) is 6.10 Å². The molecule has 0 bridgehead atoms. The summed E-state index contributed by atoms with van der Waals surface area (Å²) < 4.78 is 0. The summed E-state index contributed by atoms with van der Waals surface area (Å²) in [6.45, 7) is 3.07. The molecule has 110 valence electrons. The van der Waals surface area contributed by atoms with Crippen molar-refractivity contribution in [2.75, 3.05) is 11.4 Å². The van der Waals surface area contributed by atoms with Crippen LogP contribution in [0.25, 0.3) is 0 Å². The van der Waals surface area contributed by atoms with E-state index in [2.05, 4.69) is 53.4 Å². The maximum absolute atomic E-state index is 9.92. The highest BCUT2D eigenvalue weighted by atomic mass is 16.3. The lowest BCUT2D eigenvalue weighted by Gasteiger charge is -2.25. The zero-order valence-corrected chi connectivity index (χ0v) is 12.6. The Bertz CT molecular complexity index is 591. The van der Waals surface area contributed by atoms with Crippen LogP contribution in [0.4, 0.5) is 11.4 Å². The minimum Gasteiger partial charge on any atom is -0.388 e. The van der Waals surface area contributed by atoms with E-state index >= 15 is 0 Å². The molecular formula is C19H23NO. The van der Waals surface area contributed by atoms with Crippen molar-refractivity contribution < 1.29 is 5.11 Å². The van der Waals surface area contributed by atoms with Crippen molar-refractivity contribution in [3.63, 3.8) is 0 Å². The Balaban J connectivity index is 1.93. The van der Waals surface area contributed by atoms with Crippen LogP contribution in [0.1, 0.15) is 43.4 Å². The van der Waals surface area contributed by atoms with E-state index in [4.69, 9.17) is 0 Å². The maximum atomic E-state index is 9.92. The van der Waals surface area contributed by atoms with Crippen molar-refractivity contribution in [3.8, 4) is 0 Å². The Morgan fingerprint density at radius 3 is 2.57 bits per heavy atom. The third-order valence-corrected chi connectivity index (χ3v) is 4.34. The number of rotatable bonds is 3. The summed E-state index contributed by atoms with van der Waals surface area (Å²) >= 11 is 0. The summed E-state index contributed by atoms with van der Waals surface area (Å²) in [6, 6.07) is 17.1. The van der Waals surface area contributed by atoms with E-state index in [1.165, 1.54) is 36.2 Å². The number of anilines is 2. The van der Waals surface area contributed by atoms with Crippen molar-refractivity contribution in [3.05, 3.63) is 59.7 Å². The molecule has 3 rings (SSSR count). The predicted molar refractivity (Wildman–Crippen MR) is 88.1 cm³/mol. The number of aliphatic hydroxyl groups excluding tert-OH is 1. The average molecular weight is 281 g/mol. The Morgan fingerprint density at radius 2 is 1.81 bits per heavy atom. The molecule has 0 saturated carbocycles. The largest absolute Gasteiger partial charge is 0.388 e. The fourth-order valence-electron chi connectivity index (χ4n) is 3.07. The van der Waals surface area contributed by atoms with Crippen LogP contribution in [0.15, 0.2) is 48.5 Å². The molecule has 0 amide bonds. The van der Waals surface area contributed by atoms with Gasteiger partial charge < -0.3 is 10.0 Å². The summed E-state index contributed by atoms with van der Waals surface area (Å²) in [6.07, 6.45) is 4.04. The topological polar surface area (TPSA) is 23.5 Å². The fraction of sp³-hybridized carbons (Fsp3) is 0.368. The van der Waals surface area contributed by atoms with Gasteiger partial charge in [-0.15, -0.1) is 0 Å². The number of hydrogen-bond donors (Lipinski definition) is 1. The number of nitrogens with zero attached hydrogens (tertiary/aromatic N) is 1. The van der Waals surface area contributed by atoms with Gasteiger partial charge in [0.25, 0.3) is 0 Å². The van der Waals surface area contributed by atoms with Gasteiger partial charge in [0, 0.05) is 17.9 Å². The molecule has 0 unspecified atom stereocenters. The Kier molecular flexibility index (Phi) is 4.26. The van der Waals surface area contributed by atoms with Gasteiger partial charge in [0.05, 0.1) is 6.10 Å². The van der Waals surface area contributed by atoms with Crippen molar-refractivity contribution in [2.45, 2.75) is 38.7 Å². The quantitative estimate of drug-likeness (QED) is 0.888. The number of benzene rings is 2. The van der Waals surface area contributed by atoms with Gasteiger partial charge in [-0.25, -0.2) is 0 Å². The molecule has 0 saturated heterocycles. The second kappa shape index (κ2) is 6.31. The highest BCUT2D eigenvalue weighted by Crippen LogP contribution is 2.33. The first-order valence-corrected chi connectivity index (χ1v) is 7.93. The molecule has 0 aromatic heterocycles. The lowest BCUT2D eigenvalue weighted by atomic mass is 10.1. The third kappa shape index (κ3) is 2.96. The van der Waals surface area contributed by atoms with Gasteiger partial charge in [0.2, 0.25) is 0 Å². The fourth-order valence-corrected chi connectivity index (χ4v) is 3.07. The number of aryl methyl sites for hydroxylation is 1. The standard InChI is InChI=1S/C19H23NO/c1-2-19(21)16-10-12-17(13-11-16)20-14-6-5-8-15-7-3-4-9-18(15)20/h3-4,7,9-13,19,21H,2,5-6,8,14H2,1H3/t19-/m0/s1. The molecule has 1 atom stereocenters. The van der Waals surface area contributed by atoms with E-state index in [9.17, 15) is 5.11 Å². The molecule has 2 heteroatoms. The molecule has 2 nitrogen and oxygen atoms in total. The van der Waals surface area contributed by atoms with Crippen LogP contribution in [0.5, 0.6) is 0 Å². The van der Waals surface area contributed by atoms with Crippen LogP contribution in [0.3, 0.4) is 0 Å². The number of para-hydroxylation sites is 1. The van der Waals surface area contributed by atoms with E-state index in [0.29, 0.717) is 0 Å². The van der Waals surface area contributed by atoms with Gasteiger partial charge in [-0.3, -0.25) is 0 Å². The molecule has 0 spiro atoms. The van der Waals surface area contributed by atoms with Gasteiger partial charge in [-0.05, 0) is 55.0 Å². The van der Waals surface area contributed by atoms with E-state index in [0.717, 1.165) is 18.5 Å².